The molecule has 1 aliphatic rings. The molecule has 1 nitrogen and oxygen atoms in total. The standard InChI is InChI=1S/C16H23ClFN/c1-2-19-12-16(8-4-3-5-9-16)11-13-6-7-14(17)15(18)10-13/h6-7,10,19H,2-5,8-9,11-12H2,1H3. The van der Waals surface area contributed by atoms with Gasteiger partial charge in [-0.25, -0.2) is 4.39 Å². The Morgan fingerprint density at radius 3 is 2.63 bits per heavy atom. The number of rotatable bonds is 5. The van der Waals surface area contributed by atoms with Crippen LogP contribution in [0.2, 0.25) is 5.02 Å². The maximum atomic E-state index is 13.6. The quantitative estimate of drug-likeness (QED) is 0.834. The highest BCUT2D eigenvalue weighted by Crippen LogP contribution is 2.39. The van der Waals surface area contributed by atoms with E-state index in [1.807, 2.05) is 6.07 Å². The molecule has 1 saturated carbocycles. The summed E-state index contributed by atoms with van der Waals surface area (Å²) in [5.74, 6) is -0.298. The zero-order valence-corrected chi connectivity index (χ0v) is 12.4. The number of halogens is 2. The van der Waals surface area contributed by atoms with E-state index in [2.05, 4.69) is 12.2 Å². The van der Waals surface area contributed by atoms with Crippen molar-refractivity contribution >= 4 is 11.6 Å². The Hall–Kier alpha value is -0.600. The van der Waals surface area contributed by atoms with E-state index in [-0.39, 0.29) is 10.8 Å². The minimum Gasteiger partial charge on any atom is -0.316 e. The fraction of sp³-hybridized carbons (Fsp3) is 0.625. The maximum Gasteiger partial charge on any atom is 0.142 e. The first-order valence-electron chi connectivity index (χ1n) is 7.30. The van der Waals surface area contributed by atoms with Crippen molar-refractivity contribution in [3.63, 3.8) is 0 Å². The summed E-state index contributed by atoms with van der Waals surface area (Å²) in [7, 11) is 0. The van der Waals surface area contributed by atoms with Gasteiger partial charge in [0.15, 0.2) is 0 Å². The third-order valence-electron chi connectivity index (χ3n) is 4.23. The Bertz CT molecular complexity index is 413. The van der Waals surface area contributed by atoms with Crippen LogP contribution >= 0.6 is 11.6 Å². The largest absolute Gasteiger partial charge is 0.316 e. The second-order valence-electron chi connectivity index (χ2n) is 5.77. The van der Waals surface area contributed by atoms with Crippen molar-refractivity contribution in [1.29, 1.82) is 0 Å². The van der Waals surface area contributed by atoms with Gasteiger partial charge in [-0.3, -0.25) is 0 Å². The summed E-state index contributed by atoms with van der Waals surface area (Å²) >= 11 is 5.75. The van der Waals surface area contributed by atoms with Crippen LogP contribution in [-0.2, 0) is 6.42 Å². The van der Waals surface area contributed by atoms with Crippen molar-refractivity contribution in [3.05, 3.63) is 34.6 Å². The highest BCUT2D eigenvalue weighted by molar-refractivity contribution is 6.30. The number of hydrogen-bond acceptors (Lipinski definition) is 1. The molecule has 0 amide bonds. The van der Waals surface area contributed by atoms with Gasteiger partial charge in [0.25, 0.3) is 0 Å². The van der Waals surface area contributed by atoms with Gasteiger partial charge in [-0.1, -0.05) is 43.9 Å². The van der Waals surface area contributed by atoms with E-state index >= 15 is 0 Å². The van der Waals surface area contributed by atoms with Crippen molar-refractivity contribution in [2.45, 2.75) is 45.4 Å². The average Bonchev–Trinajstić information content (AvgIpc) is 2.42. The van der Waals surface area contributed by atoms with Crippen LogP contribution in [-0.4, -0.2) is 13.1 Å². The summed E-state index contributed by atoms with van der Waals surface area (Å²) in [6.07, 6.45) is 7.36. The topological polar surface area (TPSA) is 12.0 Å². The summed E-state index contributed by atoms with van der Waals surface area (Å²) in [5, 5.41) is 3.70. The molecule has 0 aliphatic heterocycles. The fourth-order valence-corrected chi connectivity index (χ4v) is 3.31. The summed E-state index contributed by atoms with van der Waals surface area (Å²) in [5.41, 5.74) is 1.37. The molecule has 19 heavy (non-hydrogen) atoms. The van der Waals surface area contributed by atoms with Crippen molar-refractivity contribution in [2.24, 2.45) is 5.41 Å². The summed E-state index contributed by atoms with van der Waals surface area (Å²) in [6.45, 7) is 4.17. The molecule has 0 radical (unpaired) electrons. The first-order chi connectivity index (χ1) is 9.15. The van der Waals surface area contributed by atoms with Gasteiger partial charge in [-0.15, -0.1) is 0 Å². The van der Waals surface area contributed by atoms with E-state index in [0.717, 1.165) is 25.1 Å². The van der Waals surface area contributed by atoms with Crippen LogP contribution in [0, 0.1) is 11.2 Å². The Balaban J connectivity index is 2.12. The van der Waals surface area contributed by atoms with Gasteiger partial charge in [-0.2, -0.15) is 0 Å². The smallest absolute Gasteiger partial charge is 0.142 e. The van der Waals surface area contributed by atoms with Crippen molar-refractivity contribution in [1.82, 2.24) is 5.32 Å². The van der Waals surface area contributed by atoms with Crippen LogP contribution in [0.1, 0.15) is 44.6 Å². The predicted octanol–water partition coefficient (Wildman–Crippen LogP) is 4.58. The van der Waals surface area contributed by atoms with Crippen LogP contribution in [0.4, 0.5) is 4.39 Å². The monoisotopic (exact) mass is 283 g/mol. The molecule has 1 aromatic carbocycles. The van der Waals surface area contributed by atoms with Gasteiger partial charge in [0.05, 0.1) is 5.02 Å². The molecule has 0 unspecified atom stereocenters. The lowest BCUT2D eigenvalue weighted by atomic mass is 9.70. The lowest BCUT2D eigenvalue weighted by Crippen LogP contribution is -2.38. The molecule has 1 fully saturated rings. The minimum absolute atomic E-state index is 0.216. The minimum atomic E-state index is -0.298. The summed E-state index contributed by atoms with van der Waals surface area (Å²) in [4.78, 5) is 0. The fourth-order valence-electron chi connectivity index (χ4n) is 3.19. The number of benzene rings is 1. The normalized spacial score (nSPS) is 18.5. The first-order valence-corrected chi connectivity index (χ1v) is 7.68. The van der Waals surface area contributed by atoms with E-state index in [1.165, 1.54) is 32.1 Å². The SMILES string of the molecule is CCNCC1(Cc2ccc(Cl)c(F)c2)CCCCC1. The van der Waals surface area contributed by atoms with E-state index in [4.69, 9.17) is 11.6 Å². The van der Waals surface area contributed by atoms with E-state index in [9.17, 15) is 4.39 Å². The maximum absolute atomic E-state index is 13.6. The third-order valence-corrected chi connectivity index (χ3v) is 4.53. The van der Waals surface area contributed by atoms with Gasteiger partial charge in [0, 0.05) is 6.54 Å². The lowest BCUT2D eigenvalue weighted by Gasteiger charge is -2.38. The van der Waals surface area contributed by atoms with Gasteiger partial charge >= 0.3 is 0 Å². The zero-order chi connectivity index (χ0) is 13.7. The van der Waals surface area contributed by atoms with Gasteiger partial charge in [0.1, 0.15) is 5.82 Å². The molecule has 106 valence electrons. The van der Waals surface area contributed by atoms with E-state index < -0.39 is 0 Å². The Labute approximate surface area is 120 Å². The highest BCUT2D eigenvalue weighted by Gasteiger charge is 2.31. The van der Waals surface area contributed by atoms with Gasteiger partial charge < -0.3 is 5.32 Å². The molecular formula is C16H23ClFN. The molecule has 0 spiro atoms. The van der Waals surface area contributed by atoms with E-state index in [1.54, 1.807) is 12.1 Å². The number of hydrogen-bond donors (Lipinski definition) is 1. The van der Waals surface area contributed by atoms with Crippen LogP contribution in [0.5, 0.6) is 0 Å². The molecule has 0 heterocycles. The second-order valence-corrected chi connectivity index (χ2v) is 6.17. The molecule has 1 aromatic rings. The van der Waals surface area contributed by atoms with Crippen LogP contribution in [0.15, 0.2) is 18.2 Å². The Kier molecular flexibility index (Phi) is 5.23. The van der Waals surface area contributed by atoms with Crippen molar-refractivity contribution in [2.75, 3.05) is 13.1 Å². The molecule has 0 aromatic heterocycles. The molecule has 3 heteroatoms. The van der Waals surface area contributed by atoms with Crippen molar-refractivity contribution < 1.29 is 4.39 Å². The summed E-state index contributed by atoms with van der Waals surface area (Å²) < 4.78 is 13.6. The predicted molar refractivity (Wildman–Crippen MR) is 79.2 cm³/mol. The molecule has 0 bridgehead atoms. The second kappa shape index (κ2) is 6.71. The Morgan fingerprint density at radius 2 is 2.00 bits per heavy atom. The molecule has 2 rings (SSSR count). The molecule has 0 atom stereocenters. The third kappa shape index (κ3) is 3.93. The summed E-state index contributed by atoms with van der Waals surface area (Å²) in [6, 6.07) is 5.24. The molecular weight excluding hydrogens is 261 g/mol. The highest BCUT2D eigenvalue weighted by atomic mass is 35.5. The molecule has 0 saturated heterocycles. The molecule has 1 aliphatic carbocycles. The van der Waals surface area contributed by atoms with Crippen LogP contribution in [0.25, 0.3) is 0 Å². The number of nitrogens with one attached hydrogen (secondary N) is 1. The molecule has 1 N–H and O–H groups in total. The lowest BCUT2D eigenvalue weighted by molar-refractivity contribution is 0.182. The van der Waals surface area contributed by atoms with Gasteiger partial charge in [0.2, 0.25) is 0 Å². The first kappa shape index (κ1) is 14.8. The van der Waals surface area contributed by atoms with Gasteiger partial charge in [-0.05, 0) is 48.9 Å². The van der Waals surface area contributed by atoms with Crippen LogP contribution in [0.3, 0.4) is 0 Å². The Morgan fingerprint density at radius 1 is 1.26 bits per heavy atom. The zero-order valence-electron chi connectivity index (χ0n) is 11.6. The van der Waals surface area contributed by atoms with E-state index in [0.29, 0.717) is 5.41 Å². The van der Waals surface area contributed by atoms with Crippen molar-refractivity contribution in [3.8, 4) is 0 Å². The van der Waals surface area contributed by atoms with Crippen LogP contribution < -0.4 is 5.32 Å². The average molecular weight is 284 g/mol.